The van der Waals surface area contributed by atoms with E-state index in [1.165, 1.54) is 31.4 Å². The first-order chi connectivity index (χ1) is 31.6. The highest BCUT2D eigenvalue weighted by Gasteiger charge is 2.17. The van der Waals surface area contributed by atoms with E-state index >= 15 is 0 Å². The number of alkyl carbamates (subject to hydrolysis) is 3. The van der Waals surface area contributed by atoms with Crippen molar-refractivity contribution in [3.05, 3.63) is 98.8 Å². The van der Waals surface area contributed by atoms with Crippen LogP contribution in [0.2, 0.25) is 0 Å². The molecule has 19 heteroatoms. The summed E-state index contributed by atoms with van der Waals surface area (Å²) in [5.41, 5.74) is 7.17. The minimum atomic E-state index is -0.570. The molecule has 0 radical (unpaired) electrons. The Hall–Kier alpha value is -6.40. The number of nitrogens with zero attached hydrogens (tertiary/aromatic N) is 4. The molecule has 3 aromatic rings. The van der Waals surface area contributed by atoms with Gasteiger partial charge in [0.1, 0.15) is 22.6 Å². The molecule has 3 aromatic carbocycles. The van der Waals surface area contributed by atoms with Crippen molar-refractivity contribution in [2.75, 3.05) is 62.4 Å². The van der Waals surface area contributed by atoms with Gasteiger partial charge in [0.15, 0.2) is 0 Å². The molecule has 382 valence electrons. The van der Waals surface area contributed by atoms with Gasteiger partial charge in [-0.1, -0.05) is 26.2 Å². The average molecular weight is 959 g/mol. The Labute approximate surface area is 403 Å². The summed E-state index contributed by atoms with van der Waals surface area (Å²) < 4.78 is 27.5. The van der Waals surface area contributed by atoms with Crippen molar-refractivity contribution < 1.29 is 42.8 Å². The number of halogens is 1. The Balaban J connectivity index is 0.000000919. The van der Waals surface area contributed by atoms with Crippen LogP contribution in [0.15, 0.2) is 72.8 Å². The Morgan fingerprint density at radius 2 is 0.853 bits per heavy atom. The number of amides is 3. The van der Waals surface area contributed by atoms with Gasteiger partial charge >= 0.3 is 18.3 Å². The number of ether oxygens (including phenoxy) is 3. The minimum Gasteiger partial charge on any atom is -0.444 e. The molecule has 0 spiro atoms. The predicted molar refractivity (Wildman–Crippen MR) is 269 cm³/mol. The molecule has 3 rings (SSSR count). The molecule has 0 aromatic heterocycles. The first-order valence-electron chi connectivity index (χ1n) is 22.9. The highest BCUT2D eigenvalue weighted by molar-refractivity contribution is 5.68. The number of hydrogen-bond acceptors (Lipinski definition) is 13. The number of anilines is 3. The third-order valence-electron chi connectivity index (χ3n) is 8.75. The first-order valence-corrected chi connectivity index (χ1v) is 22.9. The number of rotatable bonds is 19. The topological polar surface area (TPSA) is 234 Å². The van der Waals surface area contributed by atoms with E-state index in [4.69, 9.17) is 19.9 Å². The molecule has 0 bridgehead atoms. The minimum absolute atomic E-state index is 0.0868. The lowest BCUT2D eigenvalue weighted by atomic mass is 10.2. The van der Waals surface area contributed by atoms with Crippen molar-refractivity contribution in [1.82, 2.24) is 16.0 Å². The largest absolute Gasteiger partial charge is 0.444 e. The number of nitro groups is 2. The summed E-state index contributed by atoms with van der Waals surface area (Å²) in [6.45, 7) is 22.4. The number of nitrogen functional groups attached to an aromatic ring is 1. The second kappa shape index (κ2) is 32.3. The van der Waals surface area contributed by atoms with E-state index in [0.717, 1.165) is 93.1 Å². The molecule has 0 aliphatic carbocycles. The smallest absolute Gasteiger partial charge is 0.407 e. The van der Waals surface area contributed by atoms with Crippen LogP contribution in [0.3, 0.4) is 0 Å². The molecule has 3 amide bonds. The molecule has 18 nitrogen and oxygen atoms in total. The Morgan fingerprint density at radius 1 is 0.544 bits per heavy atom. The second-order valence-electron chi connectivity index (χ2n) is 18.7. The van der Waals surface area contributed by atoms with Crippen molar-refractivity contribution in [2.24, 2.45) is 0 Å². The van der Waals surface area contributed by atoms with Crippen LogP contribution in [0.5, 0.6) is 0 Å². The van der Waals surface area contributed by atoms with Crippen LogP contribution in [-0.4, -0.2) is 91.7 Å². The number of hydrogen-bond donors (Lipinski definition) is 4. The van der Waals surface area contributed by atoms with Crippen molar-refractivity contribution in [3.8, 4) is 0 Å². The molecular formula is C49H79FN8O10. The first kappa shape index (κ1) is 61.6. The summed E-state index contributed by atoms with van der Waals surface area (Å²) in [5.74, 6) is -0.467. The number of benzene rings is 3. The number of carbonyl (C=O) groups is 3. The van der Waals surface area contributed by atoms with Crippen molar-refractivity contribution in [1.29, 1.82) is 0 Å². The molecule has 0 aliphatic heterocycles. The van der Waals surface area contributed by atoms with E-state index in [1.807, 2.05) is 106 Å². The zero-order valence-electron chi connectivity index (χ0n) is 42.4. The van der Waals surface area contributed by atoms with Crippen LogP contribution in [0.25, 0.3) is 0 Å². The van der Waals surface area contributed by atoms with Crippen molar-refractivity contribution in [3.63, 3.8) is 0 Å². The standard InChI is InChI=1S/C16H25N3O4.C16H27N3O2.C11H23NO2.C6H4FNO2/c1-16(2,3)23-15(20)17-11-5-6-12-18(4)13-7-9-14(10-8-13)19(21)22;1-16(2,3)21-15(20)18-11-5-6-12-19(4)14-9-7-13(17)8-10-14;1-5-6-7-8-9-12-10(13)14-11(2,3)4;7-5-1-3-6(4-2-5)8(9)10/h7-10H,5-6,11-12H2,1-4H3,(H,17,20);7-10H,5-6,11-12,17H2,1-4H3,(H,18,20);5-9H2,1-4H3,(H,12,13);1-4H. The molecule has 5 N–H and O–H groups in total. The maximum Gasteiger partial charge on any atom is 0.407 e. The van der Waals surface area contributed by atoms with Crippen LogP contribution >= 0.6 is 0 Å². The van der Waals surface area contributed by atoms with Crippen LogP contribution in [0.1, 0.15) is 121 Å². The summed E-state index contributed by atoms with van der Waals surface area (Å²) in [5, 5.41) is 28.8. The van der Waals surface area contributed by atoms with E-state index in [0.29, 0.717) is 13.1 Å². The summed E-state index contributed by atoms with van der Waals surface area (Å²) in [7, 11) is 3.98. The Morgan fingerprint density at radius 3 is 1.16 bits per heavy atom. The lowest BCUT2D eigenvalue weighted by Crippen LogP contribution is -2.33. The maximum absolute atomic E-state index is 12.1. The van der Waals surface area contributed by atoms with Crippen LogP contribution < -0.4 is 31.5 Å². The zero-order chi connectivity index (χ0) is 51.9. The summed E-state index contributed by atoms with van der Waals surface area (Å²) in [4.78, 5) is 57.9. The molecule has 0 fully saturated rings. The number of unbranched alkanes of at least 4 members (excludes halogenated alkanes) is 5. The maximum atomic E-state index is 12.1. The number of nitrogens with two attached hydrogens (primary N) is 1. The Bertz CT molecular complexity index is 1900. The van der Waals surface area contributed by atoms with Crippen molar-refractivity contribution >= 4 is 46.7 Å². The van der Waals surface area contributed by atoms with Crippen LogP contribution in [0.4, 0.5) is 47.2 Å². The van der Waals surface area contributed by atoms with Gasteiger partial charge in [-0.15, -0.1) is 0 Å². The van der Waals surface area contributed by atoms with Gasteiger partial charge in [0, 0.05) is 88.1 Å². The predicted octanol–water partition coefficient (Wildman–Crippen LogP) is 11.2. The van der Waals surface area contributed by atoms with Crippen LogP contribution in [-0.2, 0) is 14.2 Å². The number of carbonyl (C=O) groups excluding carboxylic acids is 3. The molecule has 0 heterocycles. The van der Waals surface area contributed by atoms with E-state index in [-0.39, 0.29) is 23.6 Å². The van der Waals surface area contributed by atoms with Gasteiger partial charge in [0.2, 0.25) is 0 Å². The van der Waals surface area contributed by atoms with Gasteiger partial charge < -0.3 is 45.7 Å². The second-order valence-corrected chi connectivity index (χ2v) is 18.7. The van der Waals surface area contributed by atoms with E-state index < -0.39 is 38.6 Å². The summed E-state index contributed by atoms with van der Waals surface area (Å²) in [6, 6.07) is 18.6. The number of non-ortho nitro benzene ring substituents is 2. The summed E-state index contributed by atoms with van der Waals surface area (Å²) in [6.07, 6.45) is 7.22. The fourth-order valence-corrected chi connectivity index (χ4v) is 5.39. The van der Waals surface area contributed by atoms with E-state index in [2.05, 4.69) is 27.8 Å². The average Bonchev–Trinajstić information content (AvgIpc) is 3.22. The van der Waals surface area contributed by atoms with Crippen molar-refractivity contribution in [2.45, 2.75) is 137 Å². The monoisotopic (exact) mass is 959 g/mol. The van der Waals surface area contributed by atoms with Gasteiger partial charge in [0.25, 0.3) is 11.4 Å². The van der Waals surface area contributed by atoms with Gasteiger partial charge in [0.05, 0.1) is 9.85 Å². The molecule has 0 saturated heterocycles. The van der Waals surface area contributed by atoms with Gasteiger partial charge in [-0.2, -0.15) is 0 Å². The highest BCUT2D eigenvalue weighted by Crippen LogP contribution is 2.19. The third kappa shape index (κ3) is 34.0. The molecule has 0 atom stereocenters. The summed E-state index contributed by atoms with van der Waals surface area (Å²) >= 11 is 0. The lowest BCUT2D eigenvalue weighted by Gasteiger charge is -2.20. The zero-order valence-corrected chi connectivity index (χ0v) is 42.4. The highest BCUT2D eigenvalue weighted by atomic mass is 19.1. The number of nitrogens with one attached hydrogen (secondary N) is 3. The third-order valence-corrected chi connectivity index (χ3v) is 8.75. The molecule has 0 saturated carbocycles. The fourth-order valence-electron chi connectivity index (χ4n) is 5.39. The quantitative estimate of drug-likeness (QED) is 0.0288. The number of nitro benzene ring substituents is 2. The molecule has 0 aliphatic rings. The van der Waals surface area contributed by atoms with E-state index in [9.17, 15) is 39.0 Å². The Kier molecular flexibility index (Phi) is 29.3. The van der Waals surface area contributed by atoms with E-state index in [1.54, 1.807) is 12.1 Å². The van der Waals surface area contributed by atoms with Gasteiger partial charge in [-0.05, 0) is 143 Å². The fraction of sp³-hybridized carbons (Fsp3) is 0.571. The molecule has 0 unspecified atom stereocenters. The van der Waals surface area contributed by atoms with Crippen LogP contribution in [0, 0.1) is 26.0 Å². The molecule has 68 heavy (non-hydrogen) atoms. The molecular weight excluding hydrogens is 880 g/mol. The van der Waals surface area contributed by atoms with Gasteiger partial charge in [-0.25, -0.2) is 18.8 Å². The SMILES string of the molecule is CCCCCCNC(=O)OC(C)(C)C.CN(CCCCNC(=O)OC(C)(C)C)c1ccc(N)cc1.CN(CCCCNC(=O)OC(C)(C)C)c1ccc([N+](=O)[O-])cc1.O=[N+]([O-])c1ccc(F)cc1. The van der Waals surface area contributed by atoms with Gasteiger partial charge in [-0.3, -0.25) is 20.2 Å². The normalized spacial score (nSPS) is 10.8. The lowest BCUT2D eigenvalue weighted by molar-refractivity contribution is -0.385.